The van der Waals surface area contributed by atoms with E-state index in [0.29, 0.717) is 6.42 Å². The Bertz CT molecular complexity index is 570. The van der Waals surface area contributed by atoms with Gasteiger partial charge in [0.1, 0.15) is 0 Å². The van der Waals surface area contributed by atoms with Crippen LogP contribution in [0.25, 0.3) is 0 Å². The fraction of sp³-hybridized carbons (Fsp3) is 0.308. The fourth-order valence-electron chi connectivity index (χ4n) is 1.79. The first-order valence-corrected chi connectivity index (χ1v) is 6.54. The van der Waals surface area contributed by atoms with E-state index >= 15 is 0 Å². The average molecular weight is 305 g/mol. The molecule has 4 nitrogen and oxygen atoms in total. The average Bonchev–Trinajstić information content (AvgIpc) is 2.84. The lowest BCUT2D eigenvalue weighted by Crippen LogP contribution is -2.11. The zero-order chi connectivity index (χ0) is 13.0. The quantitative estimate of drug-likeness (QED) is 0.872. The van der Waals surface area contributed by atoms with E-state index in [2.05, 4.69) is 39.0 Å². The molecular weight excluding hydrogens is 292 g/mol. The number of aromatic nitrogens is 3. The highest BCUT2D eigenvalue weighted by molar-refractivity contribution is 9.10. The van der Waals surface area contributed by atoms with Crippen molar-refractivity contribution in [3.63, 3.8) is 0 Å². The topological polar surface area (TPSA) is 54.5 Å². The SMILES string of the molecule is CCc1cnn(C(CC#N)c2cncc(Br)c2)c1. The maximum atomic E-state index is 8.97. The molecule has 0 fully saturated rings. The summed E-state index contributed by atoms with van der Waals surface area (Å²) in [6.07, 6.45) is 8.66. The zero-order valence-electron chi connectivity index (χ0n) is 10.0. The van der Waals surface area contributed by atoms with Crippen molar-refractivity contribution in [1.82, 2.24) is 14.8 Å². The summed E-state index contributed by atoms with van der Waals surface area (Å²) in [5.74, 6) is 0. The minimum absolute atomic E-state index is 0.0831. The van der Waals surface area contributed by atoms with Crippen molar-refractivity contribution in [2.75, 3.05) is 0 Å². The molecule has 18 heavy (non-hydrogen) atoms. The molecule has 0 aromatic carbocycles. The zero-order valence-corrected chi connectivity index (χ0v) is 11.6. The number of aryl methyl sites for hydroxylation is 1. The fourth-order valence-corrected chi connectivity index (χ4v) is 2.17. The number of nitriles is 1. The molecule has 0 spiro atoms. The van der Waals surface area contributed by atoms with Crippen molar-refractivity contribution in [1.29, 1.82) is 5.26 Å². The molecule has 0 aliphatic heterocycles. The van der Waals surface area contributed by atoms with E-state index in [1.54, 1.807) is 12.4 Å². The lowest BCUT2D eigenvalue weighted by molar-refractivity contribution is 0.530. The number of hydrogen-bond donors (Lipinski definition) is 0. The molecule has 0 aliphatic carbocycles. The monoisotopic (exact) mass is 304 g/mol. The molecule has 2 aromatic heterocycles. The van der Waals surface area contributed by atoms with Crippen molar-refractivity contribution in [2.45, 2.75) is 25.8 Å². The molecular formula is C13H13BrN4. The Kier molecular flexibility index (Phi) is 4.11. The highest BCUT2D eigenvalue weighted by Gasteiger charge is 2.15. The molecule has 0 aliphatic rings. The maximum Gasteiger partial charge on any atom is 0.0913 e. The molecule has 5 heteroatoms. The van der Waals surface area contributed by atoms with Crippen LogP contribution >= 0.6 is 15.9 Å². The van der Waals surface area contributed by atoms with Gasteiger partial charge in [0.15, 0.2) is 0 Å². The summed E-state index contributed by atoms with van der Waals surface area (Å²) in [5.41, 5.74) is 2.15. The molecule has 1 unspecified atom stereocenters. The van der Waals surface area contributed by atoms with Gasteiger partial charge in [-0.3, -0.25) is 9.67 Å². The third-order valence-electron chi connectivity index (χ3n) is 2.78. The minimum atomic E-state index is -0.0831. The van der Waals surface area contributed by atoms with Gasteiger partial charge in [-0.1, -0.05) is 6.92 Å². The number of rotatable bonds is 4. The van der Waals surface area contributed by atoms with Crippen molar-refractivity contribution < 1.29 is 0 Å². The second kappa shape index (κ2) is 5.78. The van der Waals surface area contributed by atoms with Gasteiger partial charge in [-0.2, -0.15) is 10.4 Å². The summed E-state index contributed by atoms with van der Waals surface area (Å²) in [6.45, 7) is 2.08. The van der Waals surface area contributed by atoms with Crippen LogP contribution in [-0.4, -0.2) is 14.8 Å². The molecule has 0 saturated heterocycles. The number of hydrogen-bond acceptors (Lipinski definition) is 3. The van der Waals surface area contributed by atoms with Crippen LogP contribution in [-0.2, 0) is 6.42 Å². The highest BCUT2D eigenvalue weighted by atomic mass is 79.9. The second-order valence-corrected chi connectivity index (χ2v) is 4.91. The Balaban J connectivity index is 2.36. The van der Waals surface area contributed by atoms with Gasteiger partial charge >= 0.3 is 0 Å². The molecule has 2 rings (SSSR count). The molecule has 0 saturated carbocycles. The van der Waals surface area contributed by atoms with Gasteiger partial charge in [0.2, 0.25) is 0 Å². The van der Waals surface area contributed by atoms with E-state index in [0.717, 1.165) is 16.5 Å². The largest absolute Gasteiger partial charge is 0.264 e. The normalized spacial score (nSPS) is 12.1. The molecule has 0 radical (unpaired) electrons. The third kappa shape index (κ3) is 2.77. The van der Waals surface area contributed by atoms with Gasteiger partial charge in [0, 0.05) is 23.1 Å². The van der Waals surface area contributed by atoms with Gasteiger partial charge < -0.3 is 0 Å². The van der Waals surface area contributed by atoms with Gasteiger partial charge in [-0.15, -0.1) is 0 Å². The van der Waals surface area contributed by atoms with Crippen molar-refractivity contribution in [3.8, 4) is 6.07 Å². The first-order valence-electron chi connectivity index (χ1n) is 5.75. The summed E-state index contributed by atoms with van der Waals surface area (Å²) >= 11 is 3.40. The Hall–Kier alpha value is -1.67. The molecule has 0 bridgehead atoms. The summed E-state index contributed by atoms with van der Waals surface area (Å²) < 4.78 is 2.75. The third-order valence-corrected chi connectivity index (χ3v) is 3.21. The smallest absolute Gasteiger partial charge is 0.0913 e. The van der Waals surface area contributed by atoms with Crippen LogP contribution in [0.2, 0.25) is 0 Å². The Labute approximate surface area is 114 Å². The first-order chi connectivity index (χ1) is 8.74. The van der Waals surface area contributed by atoms with Crippen LogP contribution in [0.1, 0.15) is 30.5 Å². The predicted octanol–water partition coefficient (Wildman–Crippen LogP) is 3.11. The van der Waals surface area contributed by atoms with Gasteiger partial charge in [0.05, 0.1) is 24.7 Å². The van der Waals surface area contributed by atoms with E-state index in [9.17, 15) is 0 Å². The standard InChI is InChI=1S/C13H13BrN4/c1-2-10-6-17-18(9-10)13(3-4-15)11-5-12(14)8-16-7-11/h5-9,13H,2-3H2,1H3. The van der Waals surface area contributed by atoms with Crippen molar-refractivity contribution in [2.24, 2.45) is 0 Å². The Morgan fingerprint density at radius 3 is 2.89 bits per heavy atom. The van der Waals surface area contributed by atoms with Crippen LogP contribution in [0.3, 0.4) is 0 Å². The van der Waals surface area contributed by atoms with Gasteiger partial charge in [0.25, 0.3) is 0 Å². The molecule has 0 amide bonds. The van der Waals surface area contributed by atoms with Crippen LogP contribution in [0.15, 0.2) is 35.3 Å². The predicted molar refractivity (Wildman–Crippen MR) is 71.9 cm³/mol. The molecule has 0 N–H and O–H groups in total. The van der Waals surface area contributed by atoms with Crippen molar-refractivity contribution >= 4 is 15.9 Å². The van der Waals surface area contributed by atoms with E-state index in [-0.39, 0.29) is 6.04 Å². The summed E-state index contributed by atoms with van der Waals surface area (Å²) in [5, 5.41) is 13.3. The van der Waals surface area contributed by atoms with E-state index in [1.807, 2.05) is 23.1 Å². The Morgan fingerprint density at radius 2 is 2.28 bits per heavy atom. The van der Waals surface area contributed by atoms with Gasteiger partial charge in [-0.25, -0.2) is 0 Å². The molecule has 1 atom stereocenters. The van der Waals surface area contributed by atoms with Crippen LogP contribution in [0, 0.1) is 11.3 Å². The van der Waals surface area contributed by atoms with Gasteiger partial charge in [-0.05, 0) is 39.5 Å². The molecule has 2 aromatic rings. The first kappa shape index (κ1) is 12.8. The lowest BCUT2D eigenvalue weighted by Gasteiger charge is -2.14. The maximum absolute atomic E-state index is 8.97. The molecule has 2 heterocycles. The summed E-state index contributed by atoms with van der Waals surface area (Å²) in [4.78, 5) is 4.14. The lowest BCUT2D eigenvalue weighted by atomic mass is 10.1. The summed E-state index contributed by atoms with van der Waals surface area (Å²) in [7, 11) is 0. The summed E-state index contributed by atoms with van der Waals surface area (Å²) in [6, 6.07) is 4.10. The number of halogens is 1. The minimum Gasteiger partial charge on any atom is -0.264 e. The second-order valence-electron chi connectivity index (χ2n) is 4.00. The number of pyridine rings is 1. The van der Waals surface area contributed by atoms with E-state index < -0.39 is 0 Å². The number of nitrogens with zero attached hydrogens (tertiary/aromatic N) is 4. The van der Waals surface area contributed by atoms with Crippen LogP contribution in [0.4, 0.5) is 0 Å². The van der Waals surface area contributed by atoms with Crippen molar-refractivity contribution in [3.05, 3.63) is 46.5 Å². The Morgan fingerprint density at radius 1 is 1.44 bits per heavy atom. The molecule has 92 valence electrons. The van der Waals surface area contributed by atoms with Crippen LogP contribution < -0.4 is 0 Å². The van der Waals surface area contributed by atoms with E-state index in [4.69, 9.17) is 5.26 Å². The highest BCUT2D eigenvalue weighted by Crippen LogP contribution is 2.23. The van der Waals surface area contributed by atoms with E-state index in [1.165, 1.54) is 5.56 Å². The van der Waals surface area contributed by atoms with Crippen LogP contribution in [0.5, 0.6) is 0 Å².